The lowest BCUT2D eigenvalue weighted by Crippen LogP contribution is -2.19. The first-order valence-corrected chi connectivity index (χ1v) is 10.2. The quantitative estimate of drug-likeness (QED) is 0.317. The Kier molecular flexibility index (Phi) is 7.02. The van der Waals surface area contributed by atoms with Crippen LogP contribution in [-0.4, -0.2) is 37.7 Å². The molecule has 0 unspecified atom stereocenters. The number of benzene rings is 2. The number of carbonyl (C=O) groups excluding carboxylic acids is 1. The average Bonchev–Trinajstić information content (AvgIpc) is 3.05. The average molecular weight is 471 g/mol. The number of amides is 1. The van der Waals surface area contributed by atoms with Crippen LogP contribution < -0.4 is 5.43 Å². The summed E-state index contributed by atoms with van der Waals surface area (Å²) >= 11 is 18.8. The predicted molar refractivity (Wildman–Crippen MR) is 116 cm³/mol. The minimum Gasteiger partial charge on any atom is -0.506 e. The lowest BCUT2D eigenvalue weighted by atomic mass is 10.2. The molecule has 2 aromatic carbocycles. The van der Waals surface area contributed by atoms with Gasteiger partial charge in [-0.3, -0.25) is 4.79 Å². The molecule has 1 aromatic heterocycles. The van der Waals surface area contributed by atoms with Crippen LogP contribution >= 0.6 is 46.6 Å². The second-order valence-corrected chi connectivity index (χ2v) is 8.00. The van der Waals surface area contributed by atoms with Crippen molar-refractivity contribution in [2.24, 2.45) is 12.1 Å². The number of phenolic OH excluding ortho intramolecular Hbond substituents is 1. The van der Waals surface area contributed by atoms with Crippen LogP contribution in [0.25, 0.3) is 11.4 Å². The summed E-state index contributed by atoms with van der Waals surface area (Å²) in [6, 6.07) is 10.1. The molecular formula is C18H14Cl3N5O2S. The van der Waals surface area contributed by atoms with Crippen LogP contribution in [0.3, 0.4) is 0 Å². The smallest absolute Gasteiger partial charge is 0.250 e. The highest BCUT2D eigenvalue weighted by molar-refractivity contribution is 7.99. The summed E-state index contributed by atoms with van der Waals surface area (Å²) in [7, 11) is 1.81. The molecule has 0 radical (unpaired) electrons. The Morgan fingerprint density at radius 1 is 1.21 bits per heavy atom. The number of aromatic hydroxyl groups is 1. The van der Waals surface area contributed by atoms with Crippen molar-refractivity contribution in [3.8, 4) is 17.1 Å². The lowest BCUT2D eigenvalue weighted by Gasteiger charge is -2.04. The van der Waals surface area contributed by atoms with Gasteiger partial charge >= 0.3 is 0 Å². The second kappa shape index (κ2) is 9.49. The molecule has 29 heavy (non-hydrogen) atoms. The Bertz CT molecular complexity index is 1070. The Labute approximate surface area is 185 Å². The van der Waals surface area contributed by atoms with E-state index in [1.54, 1.807) is 16.7 Å². The van der Waals surface area contributed by atoms with Gasteiger partial charge in [-0.25, -0.2) is 5.43 Å². The van der Waals surface area contributed by atoms with Crippen molar-refractivity contribution in [2.75, 3.05) is 5.75 Å². The van der Waals surface area contributed by atoms with Crippen molar-refractivity contribution < 1.29 is 9.90 Å². The minimum absolute atomic E-state index is 0.0756. The summed E-state index contributed by atoms with van der Waals surface area (Å²) in [5, 5.41) is 23.6. The summed E-state index contributed by atoms with van der Waals surface area (Å²) in [4.78, 5) is 12.0. The topological polar surface area (TPSA) is 92.4 Å². The maximum atomic E-state index is 12.0. The van der Waals surface area contributed by atoms with Crippen molar-refractivity contribution in [1.82, 2.24) is 20.2 Å². The molecule has 0 saturated heterocycles. The molecule has 3 aromatic rings. The van der Waals surface area contributed by atoms with Crippen LogP contribution in [-0.2, 0) is 11.8 Å². The van der Waals surface area contributed by atoms with Gasteiger partial charge < -0.3 is 9.67 Å². The van der Waals surface area contributed by atoms with E-state index < -0.39 is 0 Å². The zero-order valence-electron chi connectivity index (χ0n) is 14.9. The zero-order chi connectivity index (χ0) is 21.0. The molecule has 0 aliphatic rings. The Morgan fingerprint density at radius 2 is 1.93 bits per heavy atom. The fourth-order valence-electron chi connectivity index (χ4n) is 2.31. The van der Waals surface area contributed by atoms with Gasteiger partial charge in [-0.1, -0.05) is 46.6 Å². The molecule has 7 nitrogen and oxygen atoms in total. The van der Waals surface area contributed by atoms with Crippen molar-refractivity contribution >= 4 is 58.7 Å². The van der Waals surface area contributed by atoms with E-state index in [1.807, 2.05) is 19.2 Å². The van der Waals surface area contributed by atoms with E-state index in [-0.39, 0.29) is 28.0 Å². The number of nitrogens with one attached hydrogen (secondary N) is 1. The van der Waals surface area contributed by atoms with Crippen LogP contribution in [0.5, 0.6) is 5.75 Å². The molecule has 0 saturated carbocycles. The van der Waals surface area contributed by atoms with E-state index in [2.05, 4.69) is 20.7 Å². The number of hydrazone groups is 1. The molecule has 3 rings (SSSR count). The molecule has 0 spiro atoms. The number of rotatable bonds is 6. The third-order valence-electron chi connectivity index (χ3n) is 3.72. The van der Waals surface area contributed by atoms with Crippen LogP contribution in [0.1, 0.15) is 5.56 Å². The molecular weight excluding hydrogens is 457 g/mol. The van der Waals surface area contributed by atoms with Crippen LogP contribution in [0.15, 0.2) is 46.7 Å². The van der Waals surface area contributed by atoms with E-state index in [9.17, 15) is 9.90 Å². The first-order valence-electron chi connectivity index (χ1n) is 8.13. The largest absolute Gasteiger partial charge is 0.506 e. The number of hydrogen-bond donors (Lipinski definition) is 2. The molecule has 150 valence electrons. The third kappa shape index (κ3) is 5.42. The van der Waals surface area contributed by atoms with Crippen LogP contribution in [0, 0.1) is 0 Å². The van der Waals surface area contributed by atoms with Gasteiger partial charge in [0.15, 0.2) is 11.0 Å². The number of hydrogen-bond acceptors (Lipinski definition) is 6. The summed E-state index contributed by atoms with van der Waals surface area (Å²) < 4.78 is 1.79. The van der Waals surface area contributed by atoms with Crippen molar-refractivity contribution in [3.05, 3.63) is 57.0 Å². The van der Waals surface area contributed by atoms with Crippen molar-refractivity contribution in [3.63, 3.8) is 0 Å². The van der Waals surface area contributed by atoms with Crippen LogP contribution in [0.4, 0.5) is 0 Å². The zero-order valence-corrected chi connectivity index (χ0v) is 18.0. The van der Waals surface area contributed by atoms with Gasteiger partial charge in [0, 0.05) is 28.2 Å². The SMILES string of the molecule is Cn1c(SCC(=O)NN=Cc2cc(Cl)cc(Cl)c2O)nnc1-c1ccc(Cl)cc1. The van der Waals surface area contributed by atoms with Gasteiger partial charge in [0.2, 0.25) is 0 Å². The molecule has 0 aliphatic heterocycles. The standard InChI is InChI=1S/C18H14Cl3N5O2S/c1-26-17(10-2-4-12(19)5-3-10)24-25-18(26)29-9-15(27)23-22-8-11-6-13(20)7-14(21)16(11)28/h2-8,28H,9H2,1H3,(H,23,27). The summed E-state index contributed by atoms with van der Waals surface area (Å²) in [5.41, 5.74) is 3.53. The summed E-state index contributed by atoms with van der Waals surface area (Å²) in [5.74, 6) is 0.217. The number of aromatic nitrogens is 3. The van der Waals surface area contributed by atoms with Gasteiger partial charge in [0.05, 0.1) is 17.0 Å². The van der Waals surface area contributed by atoms with Crippen molar-refractivity contribution in [1.29, 1.82) is 0 Å². The van der Waals surface area contributed by atoms with Crippen LogP contribution in [0.2, 0.25) is 15.1 Å². The minimum atomic E-state index is -0.352. The maximum absolute atomic E-state index is 12.0. The Hall–Kier alpha value is -2.26. The van der Waals surface area contributed by atoms with Gasteiger partial charge in [0.25, 0.3) is 5.91 Å². The fraction of sp³-hybridized carbons (Fsp3) is 0.111. The highest BCUT2D eigenvalue weighted by Crippen LogP contribution is 2.30. The molecule has 1 amide bonds. The Morgan fingerprint density at radius 3 is 2.66 bits per heavy atom. The predicted octanol–water partition coefficient (Wildman–Crippen LogP) is 4.39. The van der Waals surface area contributed by atoms with Gasteiger partial charge in [-0.15, -0.1) is 10.2 Å². The highest BCUT2D eigenvalue weighted by Gasteiger charge is 2.13. The number of thioether (sulfide) groups is 1. The molecule has 0 atom stereocenters. The normalized spacial score (nSPS) is 11.2. The second-order valence-electron chi connectivity index (χ2n) is 5.78. The third-order valence-corrected chi connectivity index (χ3v) is 5.50. The molecule has 0 fully saturated rings. The number of carbonyl (C=O) groups is 1. The summed E-state index contributed by atoms with van der Waals surface area (Å²) in [6.07, 6.45) is 1.26. The number of nitrogens with zero attached hydrogens (tertiary/aromatic N) is 4. The van der Waals surface area contributed by atoms with E-state index in [4.69, 9.17) is 34.8 Å². The van der Waals surface area contributed by atoms with Crippen molar-refractivity contribution in [2.45, 2.75) is 5.16 Å². The monoisotopic (exact) mass is 469 g/mol. The molecule has 1 heterocycles. The number of phenols is 1. The van der Waals surface area contributed by atoms with E-state index in [1.165, 1.54) is 30.1 Å². The molecule has 0 aliphatic carbocycles. The van der Waals surface area contributed by atoms with Gasteiger partial charge in [-0.05, 0) is 36.4 Å². The lowest BCUT2D eigenvalue weighted by molar-refractivity contribution is -0.118. The highest BCUT2D eigenvalue weighted by atomic mass is 35.5. The Balaban J connectivity index is 1.58. The van der Waals surface area contributed by atoms with E-state index in [0.717, 1.165) is 5.56 Å². The molecule has 2 N–H and O–H groups in total. The maximum Gasteiger partial charge on any atom is 0.250 e. The fourth-order valence-corrected chi connectivity index (χ4v) is 3.65. The first kappa shape index (κ1) is 21.4. The van der Waals surface area contributed by atoms with Gasteiger partial charge in [0.1, 0.15) is 5.75 Å². The van der Waals surface area contributed by atoms with E-state index in [0.29, 0.717) is 21.0 Å². The molecule has 0 bridgehead atoms. The first-order chi connectivity index (χ1) is 13.8. The van der Waals surface area contributed by atoms with Gasteiger partial charge in [-0.2, -0.15) is 5.10 Å². The molecule has 11 heteroatoms. The summed E-state index contributed by atoms with van der Waals surface area (Å²) in [6.45, 7) is 0. The van der Waals surface area contributed by atoms with E-state index >= 15 is 0 Å². The number of halogens is 3.